The lowest BCUT2D eigenvalue weighted by Gasteiger charge is -2.17. The van der Waals surface area contributed by atoms with Gasteiger partial charge in [-0.1, -0.05) is 37.3 Å². The minimum atomic E-state index is -0.0772. The van der Waals surface area contributed by atoms with Crippen molar-refractivity contribution in [3.8, 4) is 5.75 Å². The van der Waals surface area contributed by atoms with Crippen molar-refractivity contribution in [1.82, 2.24) is 9.97 Å². The number of ether oxygens (including phenoxy) is 1. The molecule has 0 fully saturated rings. The normalized spacial score (nSPS) is 11.8. The van der Waals surface area contributed by atoms with Crippen LogP contribution in [0.3, 0.4) is 0 Å². The van der Waals surface area contributed by atoms with Crippen molar-refractivity contribution in [3.05, 3.63) is 54.4 Å². The van der Waals surface area contributed by atoms with Crippen molar-refractivity contribution in [2.45, 2.75) is 26.3 Å². The number of hydrogen-bond acceptors (Lipinski definition) is 5. The summed E-state index contributed by atoms with van der Waals surface area (Å²) in [5.74, 6) is 1.20. The van der Waals surface area contributed by atoms with E-state index >= 15 is 0 Å². The molecule has 0 aliphatic rings. The number of fused-ring (bicyclic) bond motifs is 1. The molecule has 3 aromatic rings. The van der Waals surface area contributed by atoms with Gasteiger partial charge in [0.25, 0.3) is 0 Å². The molecule has 0 saturated heterocycles. The van der Waals surface area contributed by atoms with Crippen molar-refractivity contribution < 1.29 is 9.53 Å². The lowest BCUT2D eigenvalue weighted by atomic mass is 10.1. The fourth-order valence-corrected chi connectivity index (χ4v) is 2.73. The maximum absolute atomic E-state index is 11.8. The highest BCUT2D eigenvalue weighted by Crippen LogP contribution is 2.33. The first kappa shape index (κ1) is 17.7. The fraction of sp³-hybridized carbons (Fsp3) is 0.250. The Hall–Kier alpha value is -3.15. The number of hydrogen-bond donors (Lipinski definition) is 2. The molecule has 0 aliphatic heterocycles. The van der Waals surface area contributed by atoms with Gasteiger partial charge in [0.2, 0.25) is 5.91 Å². The zero-order chi connectivity index (χ0) is 18.5. The third-order valence-electron chi connectivity index (χ3n) is 4.20. The van der Waals surface area contributed by atoms with Gasteiger partial charge in [0.15, 0.2) is 0 Å². The van der Waals surface area contributed by atoms with Gasteiger partial charge < -0.3 is 15.4 Å². The van der Waals surface area contributed by atoms with Gasteiger partial charge in [-0.3, -0.25) is 4.79 Å². The van der Waals surface area contributed by atoms with E-state index in [0.717, 1.165) is 16.5 Å². The SMILES string of the molecule is CCC(=O)Nc1cc2c(N[C@H](C)c3ccccc3)ncnc2cc1OC. The highest BCUT2D eigenvalue weighted by molar-refractivity contribution is 5.99. The summed E-state index contributed by atoms with van der Waals surface area (Å²) in [4.78, 5) is 20.5. The standard InChI is InChI=1S/C20H22N4O2/c1-4-19(25)24-17-10-15-16(11-18(17)26-3)21-12-22-20(15)23-13(2)14-8-6-5-7-9-14/h5-13H,4H2,1-3H3,(H,24,25)(H,21,22,23)/t13-/m1/s1. The Bertz CT molecular complexity index is 912. The number of benzene rings is 2. The average molecular weight is 350 g/mol. The molecular weight excluding hydrogens is 328 g/mol. The van der Waals surface area contributed by atoms with Gasteiger partial charge in [-0.25, -0.2) is 9.97 Å². The second-order valence-electron chi connectivity index (χ2n) is 5.97. The largest absolute Gasteiger partial charge is 0.494 e. The van der Waals surface area contributed by atoms with Gasteiger partial charge >= 0.3 is 0 Å². The van der Waals surface area contributed by atoms with Crippen LogP contribution in [0.4, 0.5) is 11.5 Å². The van der Waals surface area contributed by atoms with E-state index in [2.05, 4.69) is 39.7 Å². The van der Waals surface area contributed by atoms with E-state index in [1.807, 2.05) is 24.3 Å². The first-order valence-corrected chi connectivity index (χ1v) is 8.56. The Morgan fingerprint density at radius 2 is 1.96 bits per heavy atom. The monoisotopic (exact) mass is 350 g/mol. The second kappa shape index (κ2) is 7.82. The van der Waals surface area contributed by atoms with Crippen LogP contribution in [0.1, 0.15) is 31.9 Å². The van der Waals surface area contributed by atoms with Gasteiger partial charge in [0.05, 0.1) is 18.3 Å². The molecule has 0 saturated carbocycles. The lowest BCUT2D eigenvalue weighted by molar-refractivity contribution is -0.115. The van der Waals surface area contributed by atoms with E-state index in [4.69, 9.17) is 4.74 Å². The quantitative estimate of drug-likeness (QED) is 0.698. The molecule has 6 heteroatoms. The Labute approximate surface area is 152 Å². The zero-order valence-corrected chi connectivity index (χ0v) is 15.1. The molecule has 2 aromatic carbocycles. The minimum absolute atomic E-state index is 0.0742. The van der Waals surface area contributed by atoms with Crippen LogP contribution in [0.25, 0.3) is 10.9 Å². The van der Waals surface area contributed by atoms with Crippen LogP contribution >= 0.6 is 0 Å². The van der Waals surface area contributed by atoms with Crippen molar-refractivity contribution in [2.75, 3.05) is 17.7 Å². The molecule has 26 heavy (non-hydrogen) atoms. The predicted octanol–water partition coefficient (Wildman–Crippen LogP) is 4.16. The number of nitrogens with one attached hydrogen (secondary N) is 2. The summed E-state index contributed by atoms with van der Waals surface area (Å²) in [5, 5.41) is 7.12. The van der Waals surface area contributed by atoms with Crippen molar-refractivity contribution >= 4 is 28.3 Å². The fourth-order valence-electron chi connectivity index (χ4n) is 2.73. The molecule has 2 N–H and O–H groups in total. The van der Waals surface area contributed by atoms with Crippen LogP contribution in [0.2, 0.25) is 0 Å². The van der Waals surface area contributed by atoms with Crippen LogP contribution < -0.4 is 15.4 Å². The van der Waals surface area contributed by atoms with E-state index in [0.29, 0.717) is 23.7 Å². The number of amides is 1. The maximum Gasteiger partial charge on any atom is 0.224 e. The smallest absolute Gasteiger partial charge is 0.224 e. The maximum atomic E-state index is 11.8. The number of rotatable bonds is 6. The van der Waals surface area contributed by atoms with Crippen molar-refractivity contribution in [3.63, 3.8) is 0 Å². The molecule has 3 rings (SSSR count). The van der Waals surface area contributed by atoms with Gasteiger partial charge in [0.1, 0.15) is 17.9 Å². The summed E-state index contributed by atoms with van der Waals surface area (Å²) in [6.07, 6.45) is 1.91. The van der Waals surface area contributed by atoms with Crippen LogP contribution in [0.5, 0.6) is 5.75 Å². The van der Waals surface area contributed by atoms with E-state index in [-0.39, 0.29) is 11.9 Å². The summed E-state index contributed by atoms with van der Waals surface area (Å²) in [6, 6.07) is 13.9. The second-order valence-corrected chi connectivity index (χ2v) is 5.97. The number of nitrogens with zero attached hydrogens (tertiary/aromatic N) is 2. The zero-order valence-electron chi connectivity index (χ0n) is 15.1. The Morgan fingerprint density at radius 1 is 1.19 bits per heavy atom. The highest BCUT2D eigenvalue weighted by atomic mass is 16.5. The van der Waals surface area contributed by atoms with E-state index < -0.39 is 0 Å². The average Bonchev–Trinajstić information content (AvgIpc) is 2.68. The molecule has 0 aliphatic carbocycles. The van der Waals surface area contributed by atoms with Crippen molar-refractivity contribution in [1.29, 1.82) is 0 Å². The van der Waals surface area contributed by atoms with Gasteiger partial charge in [-0.15, -0.1) is 0 Å². The Morgan fingerprint density at radius 3 is 2.65 bits per heavy atom. The molecule has 0 spiro atoms. The third-order valence-corrected chi connectivity index (χ3v) is 4.20. The summed E-state index contributed by atoms with van der Waals surface area (Å²) in [6.45, 7) is 3.88. The number of carbonyl (C=O) groups is 1. The number of anilines is 2. The van der Waals surface area contributed by atoms with Crippen LogP contribution in [0, 0.1) is 0 Å². The van der Waals surface area contributed by atoms with Crippen LogP contribution in [-0.2, 0) is 4.79 Å². The summed E-state index contributed by atoms with van der Waals surface area (Å²) in [5.41, 5.74) is 2.51. The summed E-state index contributed by atoms with van der Waals surface area (Å²) >= 11 is 0. The molecule has 1 aromatic heterocycles. The molecule has 134 valence electrons. The topological polar surface area (TPSA) is 76.1 Å². The molecule has 1 atom stereocenters. The number of carbonyl (C=O) groups excluding carboxylic acids is 1. The molecule has 6 nitrogen and oxygen atoms in total. The third kappa shape index (κ3) is 3.74. The lowest BCUT2D eigenvalue weighted by Crippen LogP contribution is -2.11. The molecule has 0 radical (unpaired) electrons. The molecule has 0 unspecified atom stereocenters. The predicted molar refractivity (Wildman–Crippen MR) is 103 cm³/mol. The van der Waals surface area contributed by atoms with E-state index in [1.165, 1.54) is 6.33 Å². The highest BCUT2D eigenvalue weighted by Gasteiger charge is 2.14. The van der Waals surface area contributed by atoms with E-state index in [9.17, 15) is 4.79 Å². The molecular formula is C20H22N4O2. The minimum Gasteiger partial charge on any atom is -0.494 e. The Balaban J connectivity index is 2.00. The van der Waals surface area contributed by atoms with Crippen LogP contribution in [0.15, 0.2) is 48.8 Å². The first-order valence-electron chi connectivity index (χ1n) is 8.56. The van der Waals surface area contributed by atoms with Gasteiger partial charge in [-0.05, 0) is 18.6 Å². The molecule has 1 heterocycles. The van der Waals surface area contributed by atoms with Crippen molar-refractivity contribution in [2.24, 2.45) is 0 Å². The van der Waals surface area contributed by atoms with E-state index in [1.54, 1.807) is 20.1 Å². The Kier molecular flexibility index (Phi) is 5.31. The molecule has 1 amide bonds. The van der Waals surface area contributed by atoms with Gasteiger partial charge in [-0.2, -0.15) is 0 Å². The number of aromatic nitrogens is 2. The summed E-state index contributed by atoms with van der Waals surface area (Å²) < 4.78 is 5.39. The number of methoxy groups -OCH3 is 1. The first-order chi connectivity index (χ1) is 12.6. The van der Waals surface area contributed by atoms with Crippen LogP contribution in [-0.4, -0.2) is 23.0 Å². The molecule has 0 bridgehead atoms. The van der Waals surface area contributed by atoms with Gasteiger partial charge in [0, 0.05) is 23.9 Å². The summed E-state index contributed by atoms with van der Waals surface area (Å²) in [7, 11) is 1.57.